The minimum absolute atomic E-state index is 0.0704. The van der Waals surface area contributed by atoms with E-state index < -0.39 is 11.6 Å². The molecular weight excluding hydrogens is 412 g/mol. The highest BCUT2D eigenvalue weighted by Crippen LogP contribution is 2.41. The average molecular weight is 452 g/mol. The lowest BCUT2D eigenvalue weighted by atomic mass is 9.73. The molecule has 0 radical (unpaired) electrons. The Hall–Kier alpha value is -2.24. The predicted octanol–water partition coefficient (Wildman–Crippen LogP) is 4.63. The second kappa shape index (κ2) is 10.8. The first-order chi connectivity index (χ1) is 16.0. The molecule has 178 valence electrons. The first kappa shape index (κ1) is 23.9. The molecule has 1 aromatic heterocycles. The van der Waals surface area contributed by atoms with Crippen LogP contribution in [0, 0.1) is 5.92 Å². The highest BCUT2D eigenvalue weighted by Gasteiger charge is 2.48. The molecule has 2 heterocycles. The van der Waals surface area contributed by atoms with Gasteiger partial charge in [0, 0.05) is 37.6 Å². The van der Waals surface area contributed by atoms with Crippen LogP contribution < -0.4 is 0 Å². The number of pyridine rings is 1. The molecule has 5 heteroatoms. The zero-order chi connectivity index (χ0) is 23.2. The van der Waals surface area contributed by atoms with Gasteiger partial charge in [-0.1, -0.05) is 49.6 Å². The molecule has 1 saturated carbocycles. The lowest BCUT2D eigenvalue weighted by molar-refractivity contribution is -0.915. The molecule has 5 nitrogen and oxygen atoms in total. The Morgan fingerprint density at radius 1 is 1.03 bits per heavy atom. The summed E-state index contributed by atoms with van der Waals surface area (Å²) in [7, 11) is 2.31. The Balaban J connectivity index is 1.34. The van der Waals surface area contributed by atoms with Gasteiger partial charge in [-0.15, -0.1) is 0 Å². The molecule has 2 aliphatic rings. The Bertz CT molecular complexity index is 875. The Morgan fingerprint density at radius 2 is 1.70 bits per heavy atom. The molecule has 1 saturated heterocycles. The van der Waals surface area contributed by atoms with Gasteiger partial charge in [-0.2, -0.15) is 0 Å². The van der Waals surface area contributed by atoms with E-state index in [0.29, 0.717) is 5.56 Å². The summed E-state index contributed by atoms with van der Waals surface area (Å²) in [4.78, 5) is 17.5. The number of hydrogen-bond donors (Lipinski definition) is 1. The summed E-state index contributed by atoms with van der Waals surface area (Å²) < 4.78 is 7.04. The molecule has 2 fully saturated rings. The van der Waals surface area contributed by atoms with Crippen molar-refractivity contribution in [1.82, 2.24) is 4.98 Å². The van der Waals surface area contributed by atoms with E-state index in [0.717, 1.165) is 75.5 Å². The summed E-state index contributed by atoms with van der Waals surface area (Å²) in [5.74, 6) is -0.515. The number of carbonyl (C=O) groups excluding carboxylic acids is 1. The van der Waals surface area contributed by atoms with Gasteiger partial charge in [0.1, 0.15) is 6.10 Å². The van der Waals surface area contributed by atoms with Gasteiger partial charge in [-0.3, -0.25) is 4.98 Å². The topological polar surface area (TPSA) is 59.4 Å². The van der Waals surface area contributed by atoms with Crippen molar-refractivity contribution in [3.8, 4) is 0 Å². The van der Waals surface area contributed by atoms with E-state index in [1.165, 1.54) is 12.0 Å². The van der Waals surface area contributed by atoms with Gasteiger partial charge < -0.3 is 14.3 Å². The van der Waals surface area contributed by atoms with Crippen molar-refractivity contribution in [2.24, 2.45) is 5.92 Å². The number of likely N-dealkylation sites (tertiary alicyclic amines) is 1. The summed E-state index contributed by atoms with van der Waals surface area (Å²) in [6.45, 7) is 3.13. The highest BCUT2D eigenvalue weighted by molar-refractivity contribution is 5.81. The number of ether oxygens (including phenoxy) is 1. The van der Waals surface area contributed by atoms with Crippen molar-refractivity contribution in [3.05, 3.63) is 66.0 Å². The summed E-state index contributed by atoms with van der Waals surface area (Å²) in [5, 5.41) is 11.8. The number of aryl methyl sites for hydroxylation is 1. The first-order valence-electron chi connectivity index (χ1n) is 12.7. The summed E-state index contributed by atoms with van der Waals surface area (Å²) in [6, 6.07) is 13.6. The molecule has 33 heavy (non-hydrogen) atoms. The van der Waals surface area contributed by atoms with Crippen molar-refractivity contribution in [1.29, 1.82) is 0 Å². The van der Waals surface area contributed by atoms with Crippen LogP contribution in [0.5, 0.6) is 0 Å². The zero-order valence-electron chi connectivity index (χ0n) is 20.0. The number of aromatic nitrogens is 1. The van der Waals surface area contributed by atoms with E-state index in [2.05, 4.69) is 24.2 Å². The maximum Gasteiger partial charge on any atom is 0.343 e. The fourth-order valence-corrected chi connectivity index (χ4v) is 5.70. The van der Waals surface area contributed by atoms with Crippen LogP contribution in [0.15, 0.2) is 54.9 Å². The molecule has 1 unspecified atom stereocenters. The van der Waals surface area contributed by atoms with Crippen LogP contribution in [0.1, 0.15) is 62.5 Å². The third kappa shape index (κ3) is 5.82. The molecule has 4 rings (SSSR count). The van der Waals surface area contributed by atoms with Crippen LogP contribution in [0.4, 0.5) is 0 Å². The minimum atomic E-state index is -1.54. The third-order valence-corrected chi connectivity index (χ3v) is 7.89. The number of piperidine rings is 1. The number of aliphatic hydroxyl groups is 1. The quantitative estimate of drug-likeness (QED) is 0.469. The number of carbonyl (C=O) groups is 1. The average Bonchev–Trinajstić information content (AvgIpc) is 2.87. The maximum atomic E-state index is 13.4. The highest BCUT2D eigenvalue weighted by atomic mass is 16.6. The Morgan fingerprint density at radius 3 is 2.36 bits per heavy atom. The Labute approximate surface area is 198 Å². The molecule has 1 atom stereocenters. The lowest BCUT2D eigenvalue weighted by Crippen LogP contribution is -2.53. The van der Waals surface area contributed by atoms with Gasteiger partial charge in [-0.05, 0) is 42.5 Å². The fraction of sp³-hybridized carbons (Fsp3) is 0.571. The second-order valence-corrected chi connectivity index (χ2v) is 10.3. The molecule has 0 amide bonds. The number of esters is 1. The van der Waals surface area contributed by atoms with Crippen LogP contribution in [0.2, 0.25) is 0 Å². The SMILES string of the molecule is C[N+]1(CCCc2ccncc2)CCC(OC(=O)C(O)(c2ccccc2)C2CCCCC2)CC1. The molecule has 1 N–H and O–H groups in total. The molecule has 1 aliphatic carbocycles. The Kier molecular flexibility index (Phi) is 7.82. The largest absolute Gasteiger partial charge is 0.460 e. The number of hydrogen-bond acceptors (Lipinski definition) is 4. The number of rotatable bonds is 8. The van der Waals surface area contributed by atoms with E-state index in [4.69, 9.17) is 4.74 Å². The maximum absolute atomic E-state index is 13.4. The van der Waals surface area contributed by atoms with Crippen LogP contribution in [0.3, 0.4) is 0 Å². The van der Waals surface area contributed by atoms with E-state index in [9.17, 15) is 9.90 Å². The minimum Gasteiger partial charge on any atom is -0.460 e. The molecule has 0 spiro atoms. The standard InChI is InChI=1S/C28H39N2O3/c1-30(20-8-9-23-14-18-29-19-15-23)21-16-26(17-22-30)33-27(31)28(32,24-10-4-2-5-11-24)25-12-6-3-7-13-25/h2,4-5,10-11,14-15,18-19,25-26,32H,3,6-9,12-13,16-17,20-22H2,1H3/q+1. The normalized spacial score (nSPS) is 25.8. The van der Waals surface area contributed by atoms with E-state index in [1.54, 1.807) is 0 Å². The lowest BCUT2D eigenvalue weighted by Gasteiger charge is -2.42. The second-order valence-electron chi connectivity index (χ2n) is 10.3. The molecule has 1 aliphatic heterocycles. The third-order valence-electron chi connectivity index (χ3n) is 7.89. The first-order valence-corrected chi connectivity index (χ1v) is 12.7. The molecular formula is C28H39N2O3+. The number of quaternary nitrogens is 1. The van der Waals surface area contributed by atoms with Crippen molar-refractivity contribution in [2.45, 2.75) is 69.5 Å². The smallest absolute Gasteiger partial charge is 0.343 e. The van der Waals surface area contributed by atoms with Crippen molar-refractivity contribution in [2.75, 3.05) is 26.7 Å². The van der Waals surface area contributed by atoms with Crippen LogP contribution in [-0.2, 0) is 21.6 Å². The van der Waals surface area contributed by atoms with Gasteiger partial charge in [0.25, 0.3) is 0 Å². The number of benzene rings is 1. The number of nitrogens with zero attached hydrogens (tertiary/aromatic N) is 2. The predicted molar refractivity (Wildman–Crippen MR) is 129 cm³/mol. The summed E-state index contributed by atoms with van der Waals surface area (Å²) in [6.07, 6.45) is 12.6. The van der Waals surface area contributed by atoms with Gasteiger partial charge in [0.15, 0.2) is 5.60 Å². The van der Waals surface area contributed by atoms with Crippen LogP contribution >= 0.6 is 0 Å². The van der Waals surface area contributed by atoms with Gasteiger partial charge >= 0.3 is 5.97 Å². The van der Waals surface area contributed by atoms with Crippen molar-refractivity contribution < 1.29 is 19.1 Å². The van der Waals surface area contributed by atoms with Gasteiger partial charge in [-0.25, -0.2) is 4.79 Å². The van der Waals surface area contributed by atoms with E-state index in [1.807, 2.05) is 42.7 Å². The molecule has 0 bridgehead atoms. The van der Waals surface area contributed by atoms with E-state index >= 15 is 0 Å². The van der Waals surface area contributed by atoms with Gasteiger partial charge in [0.2, 0.25) is 0 Å². The fourth-order valence-electron chi connectivity index (χ4n) is 5.70. The van der Waals surface area contributed by atoms with Crippen molar-refractivity contribution >= 4 is 5.97 Å². The zero-order valence-corrected chi connectivity index (χ0v) is 20.0. The van der Waals surface area contributed by atoms with Gasteiger partial charge in [0.05, 0.1) is 26.7 Å². The van der Waals surface area contributed by atoms with Crippen molar-refractivity contribution in [3.63, 3.8) is 0 Å². The monoisotopic (exact) mass is 451 g/mol. The molecule has 1 aromatic carbocycles. The van der Waals surface area contributed by atoms with Crippen LogP contribution in [0.25, 0.3) is 0 Å². The summed E-state index contributed by atoms with van der Waals surface area (Å²) >= 11 is 0. The molecule has 2 aromatic rings. The summed E-state index contributed by atoms with van der Waals surface area (Å²) in [5.41, 5.74) is 0.472. The van der Waals surface area contributed by atoms with E-state index in [-0.39, 0.29) is 12.0 Å². The van der Waals surface area contributed by atoms with Crippen LogP contribution in [-0.4, -0.2) is 53.3 Å².